The largest absolute Gasteiger partial charge is 3.00 e. The molecule has 0 nitrogen and oxygen atoms in total. The monoisotopic (exact) mass is 487 g/mol. The third kappa shape index (κ3) is 80.2. The van der Waals surface area contributed by atoms with Crippen molar-refractivity contribution in [3.63, 3.8) is 0 Å². The third-order valence-electron chi connectivity index (χ3n) is 0. The van der Waals surface area contributed by atoms with Gasteiger partial charge in [-0.2, -0.15) is 0 Å². The Kier molecular flexibility index (Phi) is 1300. The van der Waals surface area contributed by atoms with Gasteiger partial charge >= 0.3 is 122 Å². The van der Waals surface area contributed by atoms with Crippen LogP contribution >= 0.6 is 0 Å². The van der Waals surface area contributed by atoms with Gasteiger partial charge in [-0.15, -0.1) is 0 Å². The molecule has 0 aliphatic heterocycles. The zero-order chi connectivity index (χ0) is 0. The van der Waals surface area contributed by atoms with Crippen molar-refractivity contribution in [3.05, 3.63) is 0 Å². The van der Waals surface area contributed by atoms with Gasteiger partial charge in [0.25, 0.3) is 0 Å². The van der Waals surface area contributed by atoms with Crippen LogP contribution in [0.25, 0.3) is 0 Å². The first-order valence-electron chi connectivity index (χ1n) is 0. The van der Waals surface area contributed by atoms with Crippen LogP contribution in [0.3, 0.4) is 0 Å². The average molecular weight is 488 g/mol. The van der Waals surface area contributed by atoms with E-state index in [0.717, 1.165) is 0 Å². The molecule has 0 aromatic rings. The van der Waals surface area contributed by atoms with Gasteiger partial charge in [-0.3, -0.25) is 0 Å². The van der Waals surface area contributed by atoms with E-state index in [1.54, 1.807) is 0 Å². The molecule has 0 bridgehead atoms. The van der Waals surface area contributed by atoms with Gasteiger partial charge < -0.3 is 62.9 Å². The summed E-state index contributed by atoms with van der Waals surface area (Å²) in [4.78, 5) is 0. The van der Waals surface area contributed by atoms with Gasteiger partial charge in [0.2, 0.25) is 0 Å². The zero-order valence-corrected chi connectivity index (χ0v) is 15.2. The quantitative estimate of drug-likeness (QED) is 0.318. The van der Waals surface area contributed by atoms with Crippen molar-refractivity contribution in [1.82, 2.24) is 0 Å². The second-order valence-electron chi connectivity index (χ2n) is 0. The minimum atomic E-state index is 0. The maximum atomic E-state index is 0. The predicted molar refractivity (Wildman–Crippen MR) is 20.0 cm³/mol. The zero-order valence-electron chi connectivity index (χ0n) is 22.0. The Balaban J connectivity index is 0. The Labute approximate surface area is 183 Å². The first-order valence-corrected chi connectivity index (χ1v) is 0. The average Bonchev–Trinajstić information content (AvgIpc) is 0. The van der Waals surface area contributed by atoms with Crippen LogP contribution in [0, 0.1) is 0 Å². The molecule has 0 fully saturated rings. The molecule has 10 heavy (non-hydrogen) atoms. The van der Waals surface area contributed by atoms with E-state index in [4.69, 9.17) is 0 Å². The van der Waals surface area contributed by atoms with Crippen LogP contribution in [0.2, 0.25) is 0 Å². The molecule has 0 aliphatic carbocycles. The van der Waals surface area contributed by atoms with Gasteiger partial charge in [0.15, 0.2) is 0 Å². The smallest absolute Gasteiger partial charge is 1.00 e. The molecule has 0 unspecified atom stereocenters. The summed E-state index contributed by atoms with van der Waals surface area (Å²) in [5.74, 6) is 0. The molecule has 0 spiro atoms. The summed E-state index contributed by atoms with van der Waals surface area (Å²) in [6.07, 6.45) is 0. The summed E-state index contributed by atoms with van der Waals surface area (Å²) in [5, 5.41) is 0. The fourth-order valence-electron chi connectivity index (χ4n) is 0. The Bertz CT molecular complexity index is 35.1. The van der Waals surface area contributed by atoms with Crippen LogP contribution in [-0.2, 0) is 122 Å². The van der Waals surface area contributed by atoms with Gasteiger partial charge in [-0.25, -0.2) is 0 Å². The van der Waals surface area contributed by atoms with Gasteiger partial charge in [-0.05, 0) is 0 Å². The van der Waals surface area contributed by atoms with Crippen LogP contribution in [0.4, 0.5) is 0 Å². The second-order valence-corrected chi connectivity index (χ2v) is 0. The molecule has 0 atom stereocenters. The maximum Gasteiger partial charge on any atom is 3.00 e. The van der Waals surface area contributed by atoms with E-state index < -0.39 is 0 Å². The third-order valence-corrected chi connectivity index (χ3v) is 0. The first kappa shape index (κ1) is 128. The summed E-state index contributed by atoms with van der Waals surface area (Å²) in [7, 11) is 0. The predicted octanol–water partition coefficient (Wildman–Crippen LogP) is -6.98. The summed E-state index contributed by atoms with van der Waals surface area (Å²) in [6, 6.07) is 0. The molecule has 0 heterocycles. The minimum absolute atomic E-state index is 0. The molecule has 0 aromatic carbocycles. The van der Waals surface area contributed by atoms with Gasteiger partial charge in [0.1, 0.15) is 0 Å². The van der Waals surface area contributed by atoms with Gasteiger partial charge in [0.05, 0.1) is 0 Å². The van der Waals surface area contributed by atoms with E-state index in [2.05, 4.69) is 0 Å². The van der Waals surface area contributed by atoms with Crippen LogP contribution in [0.5, 0.6) is 0 Å². The van der Waals surface area contributed by atoms with Crippen molar-refractivity contribution in [2.24, 2.45) is 0 Å². The molecular weight excluding hydrogens is 470 g/mol. The fourth-order valence-corrected chi connectivity index (χ4v) is 0. The number of rotatable bonds is 0. The topological polar surface area (TPSA) is 0 Å². The molecule has 0 amide bonds. The summed E-state index contributed by atoms with van der Waals surface area (Å²) in [5.41, 5.74) is 0. The molecular formula is H18Cl3Cr7. The SMILES string of the molecule is [Cl-].[Cl-].[Cl-].[Cr+3].[Cr+3].[Cr+3].[Cr+3].[Cr+3].[Cr+3].[Cr+3].[H-].[H-].[H-].[H-].[H-].[H-].[H-].[H-].[H-].[H-].[H-].[H-].[H-].[H-].[H-].[H-].[H-].[H-]. The van der Waals surface area contributed by atoms with Crippen LogP contribution in [-0.4, -0.2) is 0 Å². The summed E-state index contributed by atoms with van der Waals surface area (Å²) < 4.78 is 0. The molecule has 81 valence electrons. The van der Waals surface area contributed by atoms with Crippen molar-refractivity contribution in [3.8, 4) is 0 Å². The Hall–Kier alpha value is 4.60. The van der Waals surface area contributed by atoms with E-state index in [9.17, 15) is 0 Å². The molecule has 0 rings (SSSR count). The van der Waals surface area contributed by atoms with Crippen LogP contribution in [0.1, 0.15) is 25.7 Å². The molecule has 0 aromatic heterocycles. The normalized spacial score (nSPS) is 0. The molecule has 0 N–H and O–H groups in total. The number of hydrogen-bond donors (Lipinski definition) is 0. The van der Waals surface area contributed by atoms with E-state index in [1.807, 2.05) is 0 Å². The van der Waals surface area contributed by atoms with Crippen molar-refractivity contribution in [2.75, 3.05) is 0 Å². The molecule has 0 saturated carbocycles. The molecule has 7 radical (unpaired) electrons. The first-order chi connectivity index (χ1) is 0. The fraction of sp³-hybridized carbons (Fsp3) is 0. The van der Waals surface area contributed by atoms with Crippen molar-refractivity contribution in [2.45, 2.75) is 0 Å². The Morgan fingerprint density at radius 1 is 0.300 bits per heavy atom. The van der Waals surface area contributed by atoms with Crippen molar-refractivity contribution < 1.29 is 184 Å². The minimum Gasteiger partial charge on any atom is -1.00 e. The van der Waals surface area contributed by atoms with E-state index >= 15 is 0 Å². The molecule has 10 heteroatoms. The van der Waals surface area contributed by atoms with E-state index in [0.29, 0.717) is 0 Å². The van der Waals surface area contributed by atoms with Crippen molar-refractivity contribution in [1.29, 1.82) is 0 Å². The molecule has 0 aliphatic rings. The van der Waals surface area contributed by atoms with Crippen molar-refractivity contribution >= 4 is 0 Å². The van der Waals surface area contributed by atoms with Crippen LogP contribution in [0.15, 0.2) is 0 Å². The second kappa shape index (κ2) is 102. The van der Waals surface area contributed by atoms with Gasteiger partial charge in [-0.1, -0.05) is 0 Å². The number of hydrogen-bond acceptors (Lipinski definition) is 0. The maximum absolute atomic E-state index is 0. The van der Waals surface area contributed by atoms with Gasteiger partial charge in [0, 0.05) is 0 Å². The van der Waals surface area contributed by atoms with E-state index in [-0.39, 0.29) is 184 Å². The van der Waals surface area contributed by atoms with Crippen LogP contribution < -0.4 is 37.2 Å². The summed E-state index contributed by atoms with van der Waals surface area (Å²) >= 11 is 0. The Morgan fingerprint density at radius 2 is 0.300 bits per heavy atom. The van der Waals surface area contributed by atoms with E-state index in [1.165, 1.54) is 0 Å². The summed E-state index contributed by atoms with van der Waals surface area (Å²) in [6.45, 7) is 0. The number of halogens is 3. The Morgan fingerprint density at radius 3 is 0.300 bits per heavy atom. The molecule has 0 saturated heterocycles. The standard InChI is InChI=1S/3ClH.7Cr.18H/h3*1H;;;;;;;;;;;;;;;;;;;;;;;;;/q;;;7*+3;18*-1/p-3.